The van der Waals surface area contributed by atoms with Crippen LogP contribution in [0.3, 0.4) is 0 Å². The molecule has 1 amide bonds. The highest BCUT2D eigenvalue weighted by Gasteiger charge is 2.28. The van der Waals surface area contributed by atoms with Gasteiger partial charge in [-0.15, -0.1) is 0 Å². The van der Waals surface area contributed by atoms with Gasteiger partial charge in [-0.05, 0) is 40.0 Å². The molecular formula is C16H30N4OS. The van der Waals surface area contributed by atoms with Crippen LogP contribution in [0.4, 0.5) is 0 Å². The predicted octanol–water partition coefficient (Wildman–Crippen LogP) is 1.84. The molecule has 1 aliphatic carbocycles. The molecule has 0 radical (unpaired) electrons. The van der Waals surface area contributed by atoms with E-state index in [1.165, 1.54) is 0 Å². The zero-order valence-electron chi connectivity index (χ0n) is 14.2. The average Bonchev–Trinajstić information content (AvgIpc) is 3.25. The van der Waals surface area contributed by atoms with Crippen molar-refractivity contribution in [3.05, 3.63) is 0 Å². The molecule has 0 aromatic rings. The lowest BCUT2D eigenvalue weighted by molar-refractivity contribution is -0.121. The molecule has 1 saturated carbocycles. The van der Waals surface area contributed by atoms with Crippen molar-refractivity contribution < 1.29 is 4.79 Å². The van der Waals surface area contributed by atoms with Crippen LogP contribution in [0.25, 0.3) is 0 Å². The SMILES string of the molecule is CCNC(=NCCCC(=O)NC1CC1)N1CCSC(C)(C)C1. The molecule has 2 N–H and O–H groups in total. The van der Waals surface area contributed by atoms with Crippen molar-refractivity contribution in [1.29, 1.82) is 0 Å². The monoisotopic (exact) mass is 326 g/mol. The normalized spacial score (nSPS) is 21.6. The fourth-order valence-corrected chi connectivity index (χ4v) is 3.69. The molecular weight excluding hydrogens is 296 g/mol. The number of rotatable bonds is 6. The van der Waals surface area contributed by atoms with Crippen LogP contribution in [0.15, 0.2) is 4.99 Å². The van der Waals surface area contributed by atoms with E-state index in [1.54, 1.807) is 0 Å². The largest absolute Gasteiger partial charge is 0.357 e. The summed E-state index contributed by atoms with van der Waals surface area (Å²) in [5.41, 5.74) is 0. The molecule has 0 spiro atoms. The number of guanidine groups is 1. The first-order valence-corrected chi connectivity index (χ1v) is 9.45. The van der Waals surface area contributed by atoms with Crippen LogP contribution in [0.2, 0.25) is 0 Å². The first-order valence-electron chi connectivity index (χ1n) is 8.47. The minimum Gasteiger partial charge on any atom is -0.357 e. The topological polar surface area (TPSA) is 56.7 Å². The maximum absolute atomic E-state index is 11.7. The Morgan fingerprint density at radius 1 is 1.41 bits per heavy atom. The lowest BCUT2D eigenvalue weighted by atomic mass is 10.2. The standard InChI is InChI=1S/C16H30N4OS/c1-4-17-15(20-10-11-22-16(2,3)12-20)18-9-5-6-14(21)19-13-7-8-13/h13H,4-12H2,1-3H3,(H,17,18)(H,19,21). The molecule has 2 aliphatic rings. The van der Waals surface area contributed by atoms with Crippen molar-refractivity contribution >= 4 is 23.6 Å². The number of nitrogens with zero attached hydrogens (tertiary/aromatic N) is 2. The molecule has 2 rings (SSSR count). The Labute approximate surface area is 138 Å². The van der Waals surface area contributed by atoms with Crippen molar-refractivity contribution in [2.75, 3.05) is 31.9 Å². The second kappa shape index (κ2) is 8.09. The van der Waals surface area contributed by atoms with Crippen molar-refractivity contribution in [1.82, 2.24) is 15.5 Å². The van der Waals surface area contributed by atoms with Gasteiger partial charge in [-0.2, -0.15) is 11.8 Å². The van der Waals surface area contributed by atoms with Crippen molar-refractivity contribution in [3.63, 3.8) is 0 Å². The van der Waals surface area contributed by atoms with E-state index < -0.39 is 0 Å². The number of hydrogen-bond acceptors (Lipinski definition) is 3. The van der Waals surface area contributed by atoms with Crippen LogP contribution < -0.4 is 10.6 Å². The summed E-state index contributed by atoms with van der Waals surface area (Å²) in [5, 5.41) is 6.41. The molecule has 126 valence electrons. The van der Waals surface area contributed by atoms with Gasteiger partial charge in [0.25, 0.3) is 0 Å². The number of carbonyl (C=O) groups excluding carboxylic acids is 1. The fourth-order valence-electron chi connectivity index (χ4n) is 2.58. The van der Waals surface area contributed by atoms with Crippen LogP contribution in [0.5, 0.6) is 0 Å². The second-order valence-electron chi connectivity index (χ2n) is 6.71. The molecule has 0 aromatic carbocycles. The summed E-state index contributed by atoms with van der Waals surface area (Å²) in [5.74, 6) is 2.32. The Bertz CT molecular complexity index is 407. The molecule has 0 bridgehead atoms. The highest BCUT2D eigenvalue weighted by atomic mass is 32.2. The van der Waals surface area contributed by atoms with Gasteiger partial charge in [-0.3, -0.25) is 9.79 Å². The van der Waals surface area contributed by atoms with Gasteiger partial charge >= 0.3 is 0 Å². The zero-order valence-corrected chi connectivity index (χ0v) is 15.0. The van der Waals surface area contributed by atoms with Gasteiger partial charge in [0.2, 0.25) is 5.91 Å². The minimum atomic E-state index is 0.179. The number of hydrogen-bond donors (Lipinski definition) is 2. The summed E-state index contributed by atoms with van der Waals surface area (Å²) in [4.78, 5) is 18.7. The van der Waals surface area contributed by atoms with E-state index in [0.717, 1.165) is 50.6 Å². The molecule has 1 aliphatic heterocycles. The Morgan fingerprint density at radius 2 is 2.18 bits per heavy atom. The minimum absolute atomic E-state index is 0.179. The summed E-state index contributed by atoms with van der Waals surface area (Å²) in [6.45, 7) is 10.3. The van der Waals surface area contributed by atoms with Crippen molar-refractivity contribution in [2.24, 2.45) is 4.99 Å². The molecule has 22 heavy (non-hydrogen) atoms. The van der Waals surface area contributed by atoms with E-state index in [9.17, 15) is 4.79 Å². The van der Waals surface area contributed by atoms with Crippen LogP contribution >= 0.6 is 11.8 Å². The summed E-state index contributed by atoms with van der Waals surface area (Å²) in [7, 11) is 0. The van der Waals surface area contributed by atoms with Crippen molar-refractivity contribution in [3.8, 4) is 0 Å². The zero-order chi connectivity index (χ0) is 16.0. The first kappa shape index (κ1) is 17.4. The maximum atomic E-state index is 11.7. The van der Waals surface area contributed by atoms with Crippen LogP contribution in [-0.2, 0) is 4.79 Å². The van der Waals surface area contributed by atoms with Gasteiger partial charge in [0.05, 0.1) is 0 Å². The third-order valence-corrected chi connectivity index (χ3v) is 5.12. The van der Waals surface area contributed by atoms with E-state index >= 15 is 0 Å². The van der Waals surface area contributed by atoms with Gasteiger partial charge < -0.3 is 15.5 Å². The van der Waals surface area contributed by atoms with Crippen molar-refractivity contribution in [2.45, 2.75) is 57.2 Å². The smallest absolute Gasteiger partial charge is 0.220 e. The van der Waals surface area contributed by atoms with Crippen LogP contribution in [0, 0.1) is 0 Å². The second-order valence-corrected chi connectivity index (χ2v) is 8.51. The third kappa shape index (κ3) is 6.07. The Balaban J connectivity index is 1.77. The number of amides is 1. The highest BCUT2D eigenvalue weighted by molar-refractivity contribution is 8.00. The van der Waals surface area contributed by atoms with Gasteiger partial charge in [0.1, 0.15) is 0 Å². The molecule has 0 aromatic heterocycles. The molecule has 5 nitrogen and oxygen atoms in total. The van der Waals surface area contributed by atoms with Gasteiger partial charge in [-0.25, -0.2) is 0 Å². The molecule has 2 fully saturated rings. The van der Waals surface area contributed by atoms with E-state index in [2.05, 4.69) is 36.3 Å². The summed E-state index contributed by atoms with van der Waals surface area (Å²) >= 11 is 2.03. The number of nitrogens with one attached hydrogen (secondary N) is 2. The molecule has 1 heterocycles. The van der Waals surface area contributed by atoms with Crippen LogP contribution in [0.1, 0.15) is 46.5 Å². The number of carbonyl (C=O) groups is 1. The van der Waals surface area contributed by atoms with Crippen LogP contribution in [-0.4, -0.2) is 59.5 Å². The molecule has 1 saturated heterocycles. The average molecular weight is 327 g/mol. The van der Waals surface area contributed by atoms with Gasteiger partial charge in [-0.1, -0.05) is 0 Å². The van der Waals surface area contributed by atoms with E-state index in [4.69, 9.17) is 4.99 Å². The Kier molecular flexibility index (Phi) is 6.41. The molecule has 0 atom stereocenters. The van der Waals surface area contributed by atoms with Gasteiger partial charge in [0.15, 0.2) is 5.96 Å². The van der Waals surface area contributed by atoms with Gasteiger partial charge in [0, 0.05) is 49.1 Å². The molecule has 0 unspecified atom stereocenters. The number of aliphatic imine (C=N–C) groups is 1. The molecule has 6 heteroatoms. The van der Waals surface area contributed by atoms with E-state index in [-0.39, 0.29) is 10.7 Å². The Morgan fingerprint density at radius 3 is 2.82 bits per heavy atom. The fraction of sp³-hybridized carbons (Fsp3) is 0.875. The summed E-state index contributed by atoms with van der Waals surface area (Å²) in [6, 6.07) is 0.460. The summed E-state index contributed by atoms with van der Waals surface area (Å²) in [6.07, 6.45) is 3.70. The number of thioether (sulfide) groups is 1. The first-order chi connectivity index (χ1) is 10.5. The Hall–Kier alpha value is -0.910. The predicted molar refractivity (Wildman–Crippen MR) is 94.5 cm³/mol. The lowest BCUT2D eigenvalue weighted by Gasteiger charge is -2.39. The van der Waals surface area contributed by atoms with E-state index in [0.29, 0.717) is 19.0 Å². The summed E-state index contributed by atoms with van der Waals surface area (Å²) < 4.78 is 0.276. The van der Waals surface area contributed by atoms with E-state index in [1.807, 2.05) is 11.8 Å². The lowest BCUT2D eigenvalue weighted by Crippen LogP contribution is -2.51. The highest BCUT2D eigenvalue weighted by Crippen LogP contribution is 2.29. The third-order valence-electron chi connectivity index (χ3n) is 3.83. The maximum Gasteiger partial charge on any atom is 0.220 e. The quantitative estimate of drug-likeness (QED) is 0.444.